The zero-order valence-electron chi connectivity index (χ0n) is 12.9. The summed E-state index contributed by atoms with van der Waals surface area (Å²) >= 11 is 0. The fourth-order valence-electron chi connectivity index (χ4n) is 4.22. The van der Waals surface area contributed by atoms with Crippen molar-refractivity contribution in [3.63, 3.8) is 0 Å². The summed E-state index contributed by atoms with van der Waals surface area (Å²) in [7, 11) is 0. The number of allylic oxidation sites excluding steroid dienone is 2. The zero-order valence-corrected chi connectivity index (χ0v) is 12.9. The Morgan fingerprint density at radius 1 is 1.42 bits per heavy atom. The Balaban J connectivity index is 1.88. The van der Waals surface area contributed by atoms with Crippen molar-refractivity contribution in [3.8, 4) is 0 Å². The molecule has 4 atom stereocenters. The first-order valence-corrected chi connectivity index (χ1v) is 8.06. The second-order valence-corrected chi connectivity index (χ2v) is 7.32. The lowest BCUT2D eigenvalue weighted by Crippen LogP contribution is -2.53. The van der Waals surface area contributed by atoms with Crippen LogP contribution in [0.25, 0.3) is 0 Å². The average molecular weight is 265 g/mol. The van der Waals surface area contributed by atoms with E-state index in [2.05, 4.69) is 32.2 Å². The summed E-state index contributed by atoms with van der Waals surface area (Å²) in [6, 6.07) is 0. The van der Waals surface area contributed by atoms with Gasteiger partial charge in [-0.05, 0) is 56.9 Å². The molecule has 4 unspecified atom stereocenters. The monoisotopic (exact) mass is 265 g/mol. The Labute approximate surface area is 118 Å². The van der Waals surface area contributed by atoms with Crippen LogP contribution in [0.5, 0.6) is 0 Å². The summed E-state index contributed by atoms with van der Waals surface area (Å²) in [6.07, 6.45) is 9.81. The minimum atomic E-state index is 0.00989. The zero-order chi connectivity index (χ0) is 13.9. The maximum Gasteiger partial charge on any atom is 0.0613 e. The Morgan fingerprint density at radius 3 is 2.84 bits per heavy atom. The summed E-state index contributed by atoms with van der Waals surface area (Å²) in [5.41, 5.74) is 1.55. The molecule has 0 amide bonds. The highest BCUT2D eigenvalue weighted by atomic mass is 16.3. The van der Waals surface area contributed by atoms with Gasteiger partial charge in [0.15, 0.2) is 0 Å². The minimum Gasteiger partial charge on any atom is -0.394 e. The van der Waals surface area contributed by atoms with Gasteiger partial charge in [0, 0.05) is 5.54 Å². The topological polar surface area (TPSA) is 32.3 Å². The standard InChI is InChI=1S/C17H31NO/c1-13-5-4-6-17(10-13,12-19)18-11-16-8-14(2)7-15(3)9-16/h7,13-14,16,18-19H,4-6,8-12H2,1-3H3. The van der Waals surface area contributed by atoms with Gasteiger partial charge in [-0.1, -0.05) is 38.3 Å². The molecule has 0 aromatic heterocycles. The fraction of sp³-hybridized carbons (Fsp3) is 0.882. The van der Waals surface area contributed by atoms with E-state index in [4.69, 9.17) is 0 Å². The van der Waals surface area contributed by atoms with Crippen LogP contribution >= 0.6 is 0 Å². The molecule has 0 heterocycles. The van der Waals surface area contributed by atoms with Crippen molar-refractivity contribution in [1.82, 2.24) is 5.32 Å². The van der Waals surface area contributed by atoms with E-state index in [-0.39, 0.29) is 5.54 Å². The van der Waals surface area contributed by atoms with Gasteiger partial charge in [0.25, 0.3) is 0 Å². The number of hydrogen-bond acceptors (Lipinski definition) is 2. The lowest BCUT2D eigenvalue weighted by molar-refractivity contribution is 0.0940. The lowest BCUT2D eigenvalue weighted by atomic mass is 9.76. The molecule has 110 valence electrons. The Hall–Kier alpha value is -0.340. The third-order valence-corrected chi connectivity index (χ3v) is 5.04. The molecule has 0 aromatic rings. The molecule has 0 aliphatic heterocycles. The van der Waals surface area contributed by atoms with Crippen molar-refractivity contribution < 1.29 is 5.11 Å². The van der Waals surface area contributed by atoms with E-state index in [1.165, 1.54) is 25.7 Å². The smallest absolute Gasteiger partial charge is 0.0613 e. The van der Waals surface area contributed by atoms with Crippen LogP contribution < -0.4 is 5.32 Å². The normalized spacial score (nSPS) is 40.0. The van der Waals surface area contributed by atoms with Gasteiger partial charge in [0.05, 0.1) is 6.61 Å². The molecule has 1 fully saturated rings. The van der Waals surface area contributed by atoms with E-state index >= 15 is 0 Å². The predicted octanol–water partition coefficient (Wildman–Crippen LogP) is 3.51. The van der Waals surface area contributed by atoms with Gasteiger partial charge in [0.1, 0.15) is 0 Å². The van der Waals surface area contributed by atoms with E-state index in [1.54, 1.807) is 5.57 Å². The summed E-state index contributed by atoms with van der Waals surface area (Å²) in [4.78, 5) is 0. The highest BCUT2D eigenvalue weighted by Gasteiger charge is 2.34. The van der Waals surface area contributed by atoms with E-state index in [0.29, 0.717) is 6.61 Å². The largest absolute Gasteiger partial charge is 0.394 e. The fourth-order valence-corrected chi connectivity index (χ4v) is 4.22. The van der Waals surface area contributed by atoms with Crippen molar-refractivity contribution >= 4 is 0 Å². The first-order valence-electron chi connectivity index (χ1n) is 8.06. The molecular weight excluding hydrogens is 234 g/mol. The first-order chi connectivity index (χ1) is 9.03. The molecule has 2 heteroatoms. The number of hydrogen-bond donors (Lipinski definition) is 2. The molecule has 2 rings (SSSR count). The Kier molecular flexibility index (Phi) is 5.08. The predicted molar refractivity (Wildman–Crippen MR) is 81.1 cm³/mol. The lowest BCUT2D eigenvalue weighted by Gasteiger charge is -2.41. The quantitative estimate of drug-likeness (QED) is 0.762. The van der Waals surface area contributed by atoms with Gasteiger partial charge in [-0.25, -0.2) is 0 Å². The average Bonchev–Trinajstić information content (AvgIpc) is 2.35. The Bertz CT molecular complexity index is 325. The number of nitrogens with one attached hydrogen (secondary N) is 1. The number of aliphatic hydroxyl groups excluding tert-OH is 1. The molecule has 2 nitrogen and oxygen atoms in total. The van der Waals surface area contributed by atoms with Gasteiger partial charge < -0.3 is 10.4 Å². The second-order valence-electron chi connectivity index (χ2n) is 7.32. The van der Waals surface area contributed by atoms with Crippen LogP contribution in [-0.2, 0) is 0 Å². The van der Waals surface area contributed by atoms with E-state index in [0.717, 1.165) is 37.1 Å². The van der Waals surface area contributed by atoms with Crippen molar-refractivity contribution in [1.29, 1.82) is 0 Å². The maximum atomic E-state index is 9.82. The van der Waals surface area contributed by atoms with Crippen molar-refractivity contribution in [3.05, 3.63) is 11.6 Å². The maximum absolute atomic E-state index is 9.82. The molecule has 2 aliphatic carbocycles. The second kappa shape index (κ2) is 6.41. The summed E-state index contributed by atoms with van der Waals surface area (Å²) < 4.78 is 0. The highest BCUT2D eigenvalue weighted by Crippen LogP contribution is 2.33. The van der Waals surface area contributed by atoms with Gasteiger partial charge in [-0.2, -0.15) is 0 Å². The third-order valence-electron chi connectivity index (χ3n) is 5.04. The van der Waals surface area contributed by atoms with Crippen LogP contribution in [0.4, 0.5) is 0 Å². The molecule has 0 aromatic carbocycles. The molecule has 0 saturated heterocycles. The molecule has 19 heavy (non-hydrogen) atoms. The van der Waals surface area contributed by atoms with E-state index in [1.807, 2.05) is 0 Å². The molecule has 0 bridgehead atoms. The van der Waals surface area contributed by atoms with Gasteiger partial charge in [0.2, 0.25) is 0 Å². The molecule has 2 N–H and O–H groups in total. The third kappa shape index (κ3) is 4.06. The van der Waals surface area contributed by atoms with Crippen LogP contribution in [-0.4, -0.2) is 23.8 Å². The van der Waals surface area contributed by atoms with Gasteiger partial charge >= 0.3 is 0 Å². The molecule has 0 radical (unpaired) electrons. The van der Waals surface area contributed by atoms with Crippen molar-refractivity contribution in [2.24, 2.45) is 17.8 Å². The molecule has 2 aliphatic rings. The summed E-state index contributed by atoms with van der Waals surface area (Å²) in [5, 5.41) is 13.6. The SMILES string of the molecule is CC1=CC(C)CC(CNC2(CO)CCCC(C)C2)C1. The van der Waals surface area contributed by atoms with Crippen LogP contribution in [0.2, 0.25) is 0 Å². The van der Waals surface area contributed by atoms with Gasteiger partial charge in [-0.3, -0.25) is 0 Å². The van der Waals surface area contributed by atoms with Gasteiger partial charge in [-0.15, -0.1) is 0 Å². The van der Waals surface area contributed by atoms with Crippen molar-refractivity contribution in [2.45, 2.75) is 64.8 Å². The van der Waals surface area contributed by atoms with Crippen molar-refractivity contribution in [2.75, 3.05) is 13.2 Å². The number of aliphatic hydroxyl groups is 1. The van der Waals surface area contributed by atoms with Crippen LogP contribution in [0.3, 0.4) is 0 Å². The molecule has 1 saturated carbocycles. The molecule has 0 spiro atoms. The number of rotatable bonds is 4. The summed E-state index contributed by atoms with van der Waals surface area (Å²) in [5.74, 6) is 2.22. The first kappa shape index (κ1) is 15.1. The van der Waals surface area contributed by atoms with E-state index in [9.17, 15) is 5.11 Å². The van der Waals surface area contributed by atoms with Crippen LogP contribution in [0.1, 0.15) is 59.3 Å². The Morgan fingerprint density at radius 2 is 2.21 bits per heavy atom. The summed E-state index contributed by atoms with van der Waals surface area (Å²) in [6.45, 7) is 8.27. The highest BCUT2D eigenvalue weighted by molar-refractivity contribution is 5.06. The van der Waals surface area contributed by atoms with Crippen LogP contribution in [0, 0.1) is 17.8 Å². The van der Waals surface area contributed by atoms with Crippen LogP contribution in [0.15, 0.2) is 11.6 Å². The molecular formula is C17H31NO. The minimum absolute atomic E-state index is 0.00989. The van der Waals surface area contributed by atoms with E-state index < -0.39 is 0 Å².